The third kappa shape index (κ3) is 3.94. The van der Waals surface area contributed by atoms with Gasteiger partial charge in [-0.3, -0.25) is 0 Å². The van der Waals surface area contributed by atoms with Gasteiger partial charge in [0.25, 0.3) is 0 Å². The van der Waals surface area contributed by atoms with Crippen LogP contribution < -0.4 is 34.7 Å². The minimum atomic E-state index is -1.42. The fourth-order valence-corrected chi connectivity index (χ4v) is 3.62. The van der Waals surface area contributed by atoms with Gasteiger partial charge in [0.05, 0.1) is 22.2 Å². The number of carbonyl (C=O) groups excluding carboxylic acids is 1. The number of carboxylic acid groups (broad SMARTS) is 1. The Morgan fingerprint density at radius 1 is 0.931 bits per heavy atom. The molecule has 0 aliphatic carbocycles. The predicted octanol–water partition coefficient (Wildman–Crippen LogP) is 2.04. The Bertz CT molecular complexity index is 1210. The summed E-state index contributed by atoms with van der Waals surface area (Å²) >= 11 is 6.03. The van der Waals surface area contributed by atoms with Crippen LogP contribution in [0, 0.1) is 12.7 Å². The predicted molar refractivity (Wildman–Crippen MR) is 107 cm³/mol. The van der Waals surface area contributed by atoms with E-state index in [1.807, 2.05) is 54.6 Å². The number of rotatable bonds is 3. The zero-order valence-corrected chi connectivity index (χ0v) is 18.6. The van der Waals surface area contributed by atoms with Crippen LogP contribution in [-0.4, -0.2) is 11.0 Å². The minimum Gasteiger partial charge on any atom is -0.545 e. The van der Waals surface area contributed by atoms with Crippen molar-refractivity contribution in [1.29, 1.82) is 0 Å². The molecule has 0 saturated heterocycles. The number of hydrogen-bond acceptors (Lipinski definition) is 3. The van der Waals surface area contributed by atoms with Crippen molar-refractivity contribution < 1.29 is 43.8 Å². The molecular weight excluding hydrogens is 400 g/mol. The van der Waals surface area contributed by atoms with Crippen molar-refractivity contribution in [3.8, 4) is 22.4 Å². The number of carbonyl (C=O) groups is 1. The molecule has 0 amide bonds. The van der Waals surface area contributed by atoms with E-state index in [0.29, 0.717) is 16.8 Å². The van der Waals surface area contributed by atoms with Crippen LogP contribution in [0.5, 0.6) is 0 Å². The Morgan fingerprint density at radius 2 is 1.52 bits per heavy atom. The van der Waals surface area contributed by atoms with Gasteiger partial charge >= 0.3 is 29.6 Å². The van der Waals surface area contributed by atoms with Crippen molar-refractivity contribution >= 4 is 28.5 Å². The Balaban J connectivity index is 0.00000240. The van der Waals surface area contributed by atoms with Crippen LogP contribution >= 0.6 is 11.6 Å². The summed E-state index contributed by atoms with van der Waals surface area (Å²) < 4.78 is 13.9. The number of nitrogens with zero attached hydrogens (tertiary/aromatic N) is 1. The van der Waals surface area contributed by atoms with Gasteiger partial charge in [-0.15, -0.1) is 0 Å². The van der Waals surface area contributed by atoms with Crippen molar-refractivity contribution in [3.05, 3.63) is 88.7 Å². The normalized spacial score (nSPS) is 10.6. The first-order valence-corrected chi connectivity index (χ1v) is 9.00. The van der Waals surface area contributed by atoms with Gasteiger partial charge in [0, 0.05) is 16.5 Å². The molecule has 0 aliphatic heterocycles. The molecule has 0 aliphatic rings. The van der Waals surface area contributed by atoms with Crippen LogP contribution in [0.2, 0.25) is 5.02 Å². The molecular formula is C23H14ClFNNaO2. The molecule has 1 aromatic heterocycles. The largest absolute Gasteiger partial charge is 1.00 e. The van der Waals surface area contributed by atoms with E-state index in [-0.39, 0.29) is 45.5 Å². The van der Waals surface area contributed by atoms with Crippen molar-refractivity contribution in [1.82, 2.24) is 4.98 Å². The number of carboxylic acids is 1. The third-order valence-electron chi connectivity index (χ3n) is 4.75. The van der Waals surface area contributed by atoms with Gasteiger partial charge in [-0.1, -0.05) is 66.2 Å². The second-order valence-corrected chi connectivity index (χ2v) is 6.82. The van der Waals surface area contributed by atoms with E-state index in [9.17, 15) is 14.3 Å². The molecule has 3 aromatic carbocycles. The van der Waals surface area contributed by atoms with Crippen LogP contribution in [0.1, 0.15) is 15.9 Å². The SMILES string of the molecule is Cc1c(-c2ccc(-c3ccccc3)cc2)nc2ccc(F)c(Cl)c2c1C(=O)[O-].[Na+]. The van der Waals surface area contributed by atoms with Crippen molar-refractivity contribution in [2.45, 2.75) is 6.92 Å². The zero-order chi connectivity index (χ0) is 19.8. The quantitative estimate of drug-likeness (QED) is 0.483. The molecule has 6 heteroatoms. The summed E-state index contributed by atoms with van der Waals surface area (Å²) in [6, 6.07) is 20.2. The van der Waals surface area contributed by atoms with Crippen LogP contribution in [0.4, 0.5) is 4.39 Å². The van der Waals surface area contributed by atoms with Gasteiger partial charge in [-0.25, -0.2) is 9.37 Å². The molecule has 0 atom stereocenters. The summed E-state index contributed by atoms with van der Waals surface area (Å²) in [5.41, 5.74) is 3.90. The molecule has 0 spiro atoms. The molecule has 4 aromatic rings. The first kappa shape index (κ1) is 21.5. The molecule has 1 heterocycles. The van der Waals surface area contributed by atoms with E-state index in [2.05, 4.69) is 4.98 Å². The first-order valence-electron chi connectivity index (χ1n) is 8.63. The Kier molecular flexibility index (Phi) is 6.39. The minimum absolute atomic E-state index is 0. The van der Waals surface area contributed by atoms with Crippen molar-refractivity contribution in [2.24, 2.45) is 0 Å². The van der Waals surface area contributed by atoms with Crippen LogP contribution in [0.25, 0.3) is 33.3 Å². The topological polar surface area (TPSA) is 53.0 Å². The van der Waals surface area contributed by atoms with E-state index in [1.165, 1.54) is 12.1 Å². The van der Waals surface area contributed by atoms with Crippen LogP contribution in [0.15, 0.2) is 66.7 Å². The van der Waals surface area contributed by atoms with E-state index >= 15 is 0 Å². The average Bonchev–Trinajstić information content (AvgIpc) is 2.71. The molecule has 0 bridgehead atoms. The maximum Gasteiger partial charge on any atom is 1.00 e. The molecule has 4 rings (SSSR count). The van der Waals surface area contributed by atoms with Gasteiger partial charge in [0.2, 0.25) is 0 Å². The molecule has 29 heavy (non-hydrogen) atoms. The van der Waals surface area contributed by atoms with E-state index in [1.54, 1.807) is 6.92 Å². The molecule has 3 nitrogen and oxygen atoms in total. The Labute approximate surface area is 194 Å². The number of fused-ring (bicyclic) bond motifs is 1. The average molecular weight is 414 g/mol. The van der Waals surface area contributed by atoms with E-state index < -0.39 is 11.8 Å². The van der Waals surface area contributed by atoms with Gasteiger partial charge in [-0.05, 0) is 35.7 Å². The number of pyridine rings is 1. The number of aromatic carboxylic acids is 1. The zero-order valence-electron chi connectivity index (χ0n) is 15.9. The maximum atomic E-state index is 13.9. The fourth-order valence-electron chi connectivity index (χ4n) is 3.37. The van der Waals surface area contributed by atoms with Crippen LogP contribution in [-0.2, 0) is 0 Å². The number of halogens is 2. The second kappa shape index (κ2) is 8.64. The summed E-state index contributed by atoms with van der Waals surface area (Å²) in [6.45, 7) is 1.62. The number of aromatic nitrogens is 1. The summed E-state index contributed by atoms with van der Waals surface area (Å²) in [5, 5.41) is 11.6. The smallest absolute Gasteiger partial charge is 0.545 e. The Hall–Kier alpha value is -2.24. The molecule has 0 radical (unpaired) electrons. The number of benzene rings is 3. The van der Waals surface area contributed by atoms with E-state index in [0.717, 1.165) is 16.7 Å². The molecule has 0 N–H and O–H groups in total. The molecule has 0 fully saturated rings. The van der Waals surface area contributed by atoms with Gasteiger partial charge in [0.1, 0.15) is 5.82 Å². The molecule has 138 valence electrons. The third-order valence-corrected chi connectivity index (χ3v) is 5.12. The molecule has 0 unspecified atom stereocenters. The maximum absolute atomic E-state index is 13.9. The van der Waals surface area contributed by atoms with Gasteiger partial charge in [-0.2, -0.15) is 0 Å². The molecule has 0 saturated carbocycles. The summed E-state index contributed by atoms with van der Waals surface area (Å²) in [5.74, 6) is -2.11. The van der Waals surface area contributed by atoms with Crippen molar-refractivity contribution in [3.63, 3.8) is 0 Å². The summed E-state index contributed by atoms with van der Waals surface area (Å²) in [4.78, 5) is 16.4. The first-order chi connectivity index (χ1) is 13.5. The standard InChI is InChI=1S/C23H15ClFNO2.Na/c1-13-19(23(27)28)20-18(12-11-17(25)21(20)24)26-22(13)16-9-7-15(8-10-16)14-5-3-2-4-6-14;/h2-12H,1H3,(H,27,28);/q;+1/p-1. The summed E-state index contributed by atoms with van der Waals surface area (Å²) in [7, 11) is 0. The number of hydrogen-bond donors (Lipinski definition) is 0. The second-order valence-electron chi connectivity index (χ2n) is 6.45. The van der Waals surface area contributed by atoms with Crippen molar-refractivity contribution in [2.75, 3.05) is 0 Å². The van der Waals surface area contributed by atoms with E-state index in [4.69, 9.17) is 11.6 Å². The fraction of sp³-hybridized carbons (Fsp3) is 0.0435. The van der Waals surface area contributed by atoms with Gasteiger partial charge in [0.15, 0.2) is 0 Å². The summed E-state index contributed by atoms with van der Waals surface area (Å²) in [6.07, 6.45) is 0. The Morgan fingerprint density at radius 3 is 2.14 bits per heavy atom. The van der Waals surface area contributed by atoms with Gasteiger partial charge < -0.3 is 9.90 Å². The van der Waals surface area contributed by atoms with Crippen LogP contribution in [0.3, 0.4) is 0 Å². The monoisotopic (exact) mass is 413 g/mol.